The van der Waals surface area contributed by atoms with Crippen molar-refractivity contribution < 1.29 is 4.74 Å². The lowest BCUT2D eigenvalue weighted by Gasteiger charge is -2.20. The molecule has 94 valence electrons. The fourth-order valence-electron chi connectivity index (χ4n) is 2.35. The van der Waals surface area contributed by atoms with Crippen molar-refractivity contribution in [2.24, 2.45) is 0 Å². The summed E-state index contributed by atoms with van der Waals surface area (Å²) in [7, 11) is 0. The smallest absolute Gasteiger partial charge is 0.0850 e. The standard InChI is InChI=1S/C14H18Cl2O/c1-8-7-12(15)9(2)6-11(8)14(16)13-5-4-10(3)17-13/h6-7,10,13-14H,4-5H2,1-3H3. The number of hydrogen-bond donors (Lipinski definition) is 0. The first-order chi connectivity index (χ1) is 7.99. The molecule has 3 unspecified atom stereocenters. The third-order valence-electron chi connectivity index (χ3n) is 3.44. The van der Waals surface area contributed by atoms with Gasteiger partial charge in [0, 0.05) is 5.02 Å². The molecule has 1 fully saturated rings. The van der Waals surface area contributed by atoms with E-state index in [9.17, 15) is 0 Å². The van der Waals surface area contributed by atoms with Crippen molar-refractivity contribution in [2.75, 3.05) is 0 Å². The van der Waals surface area contributed by atoms with E-state index >= 15 is 0 Å². The summed E-state index contributed by atoms with van der Waals surface area (Å²) >= 11 is 12.6. The highest BCUT2D eigenvalue weighted by atomic mass is 35.5. The highest BCUT2D eigenvalue weighted by Gasteiger charge is 2.30. The molecule has 0 N–H and O–H groups in total. The van der Waals surface area contributed by atoms with Gasteiger partial charge in [0.2, 0.25) is 0 Å². The Morgan fingerprint density at radius 1 is 1.24 bits per heavy atom. The Morgan fingerprint density at radius 2 is 1.94 bits per heavy atom. The van der Waals surface area contributed by atoms with Gasteiger partial charge in [-0.2, -0.15) is 0 Å². The molecule has 0 aliphatic carbocycles. The SMILES string of the molecule is Cc1cc(C(Cl)C2CCC(C)O2)c(C)cc1Cl. The molecule has 0 spiro atoms. The monoisotopic (exact) mass is 272 g/mol. The second kappa shape index (κ2) is 5.17. The van der Waals surface area contributed by atoms with E-state index in [-0.39, 0.29) is 11.5 Å². The van der Waals surface area contributed by atoms with Crippen LogP contribution in [-0.4, -0.2) is 12.2 Å². The van der Waals surface area contributed by atoms with Crippen LogP contribution in [0.25, 0.3) is 0 Å². The lowest BCUT2D eigenvalue weighted by molar-refractivity contribution is 0.0532. The van der Waals surface area contributed by atoms with Gasteiger partial charge in [0.25, 0.3) is 0 Å². The van der Waals surface area contributed by atoms with Crippen molar-refractivity contribution in [3.63, 3.8) is 0 Å². The van der Waals surface area contributed by atoms with Crippen LogP contribution in [0.5, 0.6) is 0 Å². The normalized spacial score (nSPS) is 26.2. The molecule has 1 aromatic rings. The van der Waals surface area contributed by atoms with E-state index in [1.807, 2.05) is 13.0 Å². The van der Waals surface area contributed by atoms with Gasteiger partial charge < -0.3 is 4.74 Å². The summed E-state index contributed by atoms with van der Waals surface area (Å²) in [6.45, 7) is 6.16. The molecular formula is C14H18Cl2O. The number of hydrogen-bond acceptors (Lipinski definition) is 1. The van der Waals surface area contributed by atoms with E-state index in [1.165, 1.54) is 0 Å². The lowest BCUT2D eigenvalue weighted by Crippen LogP contribution is -2.15. The number of ether oxygens (including phenoxy) is 1. The average molecular weight is 273 g/mol. The van der Waals surface area contributed by atoms with Gasteiger partial charge in [-0.3, -0.25) is 0 Å². The van der Waals surface area contributed by atoms with Gasteiger partial charge in [0.05, 0.1) is 17.6 Å². The van der Waals surface area contributed by atoms with Crippen LogP contribution in [0.2, 0.25) is 5.02 Å². The van der Waals surface area contributed by atoms with Gasteiger partial charge in [-0.15, -0.1) is 11.6 Å². The third-order valence-corrected chi connectivity index (χ3v) is 4.36. The summed E-state index contributed by atoms with van der Waals surface area (Å²) in [4.78, 5) is 0. The first-order valence-electron chi connectivity index (χ1n) is 6.05. The maximum Gasteiger partial charge on any atom is 0.0850 e. The van der Waals surface area contributed by atoms with Crippen LogP contribution in [-0.2, 0) is 4.74 Å². The molecule has 1 nitrogen and oxygen atoms in total. The van der Waals surface area contributed by atoms with Gasteiger partial charge in [-0.25, -0.2) is 0 Å². The second-order valence-corrected chi connectivity index (χ2v) is 5.80. The predicted molar refractivity (Wildman–Crippen MR) is 73.1 cm³/mol. The zero-order chi connectivity index (χ0) is 12.6. The predicted octanol–water partition coefficient (Wildman–Crippen LogP) is 4.80. The minimum atomic E-state index is -0.0732. The maximum atomic E-state index is 6.54. The van der Waals surface area contributed by atoms with Crippen molar-refractivity contribution >= 4 is 23.2 Å². The zero-order valence-corrected chi connectivity index (χ0v) is 12.0. The minimum absolute atomic E-state index is 0.0732. The van der Waals surface area contributed by atoms with E-state index in [0.717, 1.165) is 34.6 Å². The first-order valence-corrected chi connectivity index (χ1v) is 6.86. The molecule has 1 saturated heterocycles. The average Bonchev–Trinajstić information content (AvgIpc) is 2.69. The van der Waals surface area contributed by atoms with Crippen molar-refractivity contribution in [1.29, 1.82) is 0 Å². The molecule has 3 atom stereocenters. The van der Waals surface area contributed by atoms with E-state index in [4.69, 9.17) is 27.9 Å². The largest absolute Gasteiger partial charge is 0.373 e. The molecular weight excluding hydrogens is 255 g/mol. The quantitative estimate of drug-likeness (QED) is 0.703. The molecule has 1 heterocycles. The summed E-state index contributed by atoms with van der Waals surface area (Å²) < 4.78 is 5.84. The van der Waals surface area contributed by atoms with E-state index in [0.29, 0.717) is 6.10 Å². The lowest BCUT2D eigenvalue weighted by atomic mass is 9.98. The van der Waals surface area contributed by atoms with Gasteiger partial charge >= 0.3 is 0 Å². The van der Waals surface area contributed by atoms with Crippen molar-refractivity contribution in [1.82, 2.24) is 0 Å². The fraction of sp³-hybridized carbons (Fsp3) is 0.571. The molecule has 2 rings (SSSR count). The van der Waals surface area contributed by atoms with Gasteiger partial charge in [-0.05, 0) is 56.4 Å². The third kappa shape index (κ3) is 2.78. The van der Waals surface area contributed by atoms with E-state index in [2.05, 4.69) is 19.9 Å². The van der Waals surface area contributed by atoms with Gasteiger partial charge in [-0.1, -0.05) is 17.7 Å². The molecule has 1 aliphatic heterocycles. The summed E-state index contributed by atoms with van der Waals surface area (Å²) in [5.74, 6) is 0. The van der Waals surface area contributed by atoms with Crippen LogP contribution in [0.3, 0.4) is 0 Å². The number of rotatable bonds is 2. The molecule has 0 radical (unpaired) electrons. The zero-order valence-electron chi connectivity index (χ0n) is 10.5. The number of benzene rings is 1. The maximum absolute atomic E-state index is 6.54. The summed E-state index contributed by atoms with van der Waals surface area (Å²) in [6, 6.07) is 4.07. The van der Waals surface area contributed by atoms with E-state index in [1.54, 1.807) is 0 Å². The van der Waals surface area contributed by atoms with Crippen molar-refractivity contribution in [3.05, 3.63) is 33.8 Å². The number of halogens is 2. The van der Waals surface area contributed by atoms with Crippen LogP contribution in [0.15, 0.2) is 12.1 Å². The Balaban J connectivity index is 2.24. The van der Waals surface area contributed by atoms with Gasteiger partial charge in [0.15, 0.2) is 0 Å². The molecule has 0 amide bonds. The molecule has 3 heteroatoms. The first kappa shape index (κ1) is 13.2. The number of aryl methyl sites for hydroxylation is 2. The molecule has 1 aliphatic rings. The molecule has 17 heavy (non-hydrogen) atoms. The fourth-order valence-corrected chi connectivity index (χ4v) is 2.99. The summed E-state index contributed by atoms with van der Waals surface area (Å²) in [6.07, 6.45) is 2.59. The number of alkyl halides is 1. The Morgan fingerprint density at radius 3 is 2.53 bits per heavy atom. The van der Waals surface area contributed by atoms with Crippen LogP contribution in [0.4, 0.5) is 0 Å². The van der Waals surface area contributed by atoms with Crippen LogP contribution < -0.4 is 0 Å². The topological polar surface area (TPSA) is 9.23 Å². The van der Waals surface area contributed by atoms with Gasteiger partial charge in [0.1, 0.15) is 0 Å². The van der Waals surface area contributed by atoms with Crippen LogP contribution in [0.1, 0.15) is 41.8 Å². The molecule has 0 aromatic heterocycles. The minimum Gasteiger partial charge on any atom is -0.373 e. The highest BCUT2D eigenvalue weighted by Crippen LogP contribution is 2.37. The van der Waals surface area contributed by atoms with E-state index < -0.39 is 0 Å². The van der Waals surface area contributed by atoms with Crippen molar-refractivity contribution in [2.45, 2.75) is 51.2 Å². The molecule has 0 bridgehead atoms. The second-order valence-electron chi connectivity index (χ2n) is 4.92. The highest BCUT2D eigenvalue weighted by molar-refractivity contribution is 6.31. The summed E-state index contributed by atoms with van der Waals surface area (Å²) in [5.41, 5.74) is 3.36. The van der Waals surface area contributed by atoms with Crippen LogP contribution in [0, 0.1) is 13.8 Å². The Kier molecular flexibility index (Phi) is 4.02. The van der Waals surface area contributed by atoms with Crippen LogP contribution >= 0.6 is 23.2 Å². The Labute approximate surface area is 113 Å². The molecule has 1 aromatic carbocycles. The Hall–Kier alpha value is -0.240. The Bertz CT molecular complexity index is 417. The molecule has 0 saturated carbocycles. The summed E-state index contributed by atoms with van der Waals surface area (Å²) in [5, 5.41) is 0.728. The van der Waals surface area contributed by atoms with Crippen molar-refractivity contribution in [3.8, 4) is 0 Å².